The second-order valence-corrected chi connectivity index (χ2v) is 7.06. The van der Waals surface area contributed by atoms with Gasteiger partial charge < -0.3 is 5.32 Å². The van der Waals surface area contributed by atoms with E-state index in [4.69, 9.17) is 11.6 Å². The Labute approximate surface area is 136 Å². The molecule has 0 aliphatic carbocycles. The van der Waals surface area contributed by atoms with Crippen LogP contribution in [0.4, 0.5) is 5.69 Å². The molecule has 1 aliphatic rings. The third-order valence-corrected chi connectivity index (χ3v) is 4.80. The van der Waals surface area contributed by atoms with Crippen LogP contribution in [0.1, 0.15) is 30.5 Å². The molecular weight excluding hydrogens is 322 g/mol. The van der Waals surface area contributed by atoms with Crippen LogP contribution in [0, 0.1) is 19.8 Å². The molecule has 2 heterocycles. The summed E-state index contributed by atoms with van der Waals surface area (Å²) in [5.74, 6) is -2.87. The number of thiophene rings is 1. The zero-order chi connectivity index (χ0) is 16.0. The zero-order valence-electron chi connectivity index (χ0n) is 11.9. The number of halogens is 1. The number of fused-ring (bicyclic) bond motifs is 1. The third-order valence-electron chi connectivity index (χ3n) is 3.60. The third kappa shape index (κ3) is 2.36. The number of hydrogen-bond donors (Lipinski definition) is 1. The van der Waals surface area contributed by atoms with E-state index in [0.29, 0.717) is 21.8 Å². The SMILES string of the molecule is Cc1cc(C(=O)C2C(=O)Nc3cc(Cl)ccc3C2=O)c(C)s1. The van der Waals surface area contributed by atoms with Crippen molar-refractivity contribution in [1.82, 2.24) is 0 Å². The predicted molar refractivity (Wildman–Crippen MR) is 86.0 cm³/mol. The van der Waals surface area contributed by atoms with E-state index < -0.39 is 23.4 Å². The fourth-order valence-corrected chi connectivity index (χ4v) is 3.68. The summed E-state index contributed by atoms with van der Waals surface area (Å²) in [5.41, 5.74) is 1.10. The lowest BCUT2D eigenvalue weighted by molar-refractivity contribution is -0.117. The van der Waals surface area contributed by atoms with Crippen molar-refractivity contribution in [2.24, 2.45) is 5.92 Å². The summed E-state index contributed by atoms with van der Waals surface area (Å²) in [6.07, 6.45) is 0. The maximum atomic E-state index is 12.6. The fourth-order valence-electron chi connectivity index (χ4n) is 2.58. The van der Waals surface area contributed by atoms with Gasteiger partial charge in [0.05, 0.1) is 5.69 Å². The molecule has 0 saturated heterocycles. The van der Waals surface area contributed by atoms with Crippen molar-refractivity contribution in [3.63, 3.8) is 0 Å². The Morgan fingerprint density at radius 2 is 1.95 bits per heavy atom. The highest BCUT2D eigenvalue weighted by atomic mass is 35.5. The van der Waals surface area contributed by atoms with Crippen LogP contribution in [-0.4, -0.2) is 17.5 Å². The lowest BCUT2D eigenvalue weighted by Gasteiger charge is -2.22. The summed E-state index contributed by atoms with van der Waals surface area (Å²) in [6.45, 7) is 3.69. The zero-order valence-corrected chi connectivity index (χ0v) is 13.5. The van der Waals surface area contributed by atoms with Gasteiger partial charge in [-0.05, 0) is 38.1 Å². The average Bonchev–Trinajstić information content (AvgIpc) is 2.77. The van der Waals surface area contributed by atoms with Crippen molar-refractivity contribution in [2.75, 3.05) is 5.32 Å². The average molecular weight is 334 g/mol. The smallest absolute Gasteiger partial charge is 0.243 e. The summed E-state index contributed by atoms with van der Waals surface area (Å²) >= 11 is 7.33. The molecule has 3 rings (SSSR count). The second-order valence-electron chi connectivity index (χ2n) is 5.17. The minimum Gasteiger partial charge on any atom is -0.324 e. The molecule has 1 N–H and O–H groups in total. The van der Waals surface area contributed by atoms with E-state index in [9.17, 15) is 14.4 Å². The van der Waals surface area contributed by atoms with Crippen LogP contribution in [0.15, 0.2) is 24.3 Å². The van der Waals surface area contributed by atoms with Gasteiger partial charge in [-0.2, -0.15) is 0 Å². The van der Waals surface area contributed by atoms with E-state index in [1.54, 1.807) is 12.1 Å². The van der Waals surface area contributed by atoms with Crippen LogP contribution in [-0.2, 0) is 4.79 Å². The first-order valence-electron chi connectivity index (χ1n) is 6.64. The van der Waals surface area contributed by atoms with Crippen molar-refractivity contribution in [2.45, 2.75) is 13.8 Å². The van der Waals surface area contributed by atoms with Crippen LogP contribution in [0.5, 0.6) is 0 Å². The topological polar surface area (TPSA) is 63.2 Å². The van der Waals surface area contributed by atoms with Gasteiger partial charge in [-0.15, -0.1) is 11.3 Å². The summed E-state index contributed by atoms with van der Waals surface area (Å²) in [7, 11) is 0. The van der Waals surface area contributed by atoms with Gasteiger partial charge in [-0.1, -0.05) is 11.6 Å². The van der Waals surface area contributed by atoms with Gasteiger partial charge in [0.15, 0.2) is 17.5 Å². The van der Waals surface area contributed by atoms with Gasteiger partial charge >= 0.3 is 0 Å². The number of carbonyl (C=O) groups excluding carboxylic acids is 3. The molecule has 1 aliphatic heterocycles. The number of aryl methyl sites for hydroxylation is 2. The van der Waals surface area contributed by atoms with E-state index in [1.807, 2.05) is 13.8 Å². The number of ketones is 2. The summed E-state index contributed by atoms with van der Waals surface area (Å²) < 4.78 is 0. The van der Waals surface area contributed by atoms with E-state index in [1.165, 1.54) is 23.5 Å². The molecule has 22 heavy (non-hydrogen) atoms. The van der Waals surface area contributed by atoms with Crippen LogP contribution in [0.2, 0.25) is 5.02 Å². The number of benzene rings is 1. The van der Waals surface area contributed by atoms with Crippen LogP contribution < -0.4 is 5.32 Å². The lowest BCUT2D eigenvalue weighted by atomic mass is 9.86. The molecule has 0 bridgehead atoms. The minimum absolute atomic E-state index is 0.312. The first-order chi connectivity index (χ1) is 10.4. The number of rotatable bonds is 2. The quantitative estimate of drug-likeness (QED) is 0.674. The highest BCUT2D eigenvalue weighted by Crippen LogP contribution is 2.31. The van der Waals surface area contributed by atoms with E-state index in [2.05, 4.69) is 5.32 Å². The van der Waals surface area contributed by atoms with E-state index >= 15 is 0 Å². The molecule has 1 atom stereocenters. The minimum atomic E-state index is -1.33. The Morgan fingerprint density at radius 1 is 1.23 bits per heavy atom. The summed E-state index contributed by atoms with van der Waals surface area (Å²) in [4.78, 5) is 39.2. The number of Topliss-reactive ketones (excluding diaryl/α,β-unsaturated/α-hetero) is 2. The Kier molecular flexibility index (Phi) is 3.62. The van der Waals surface area contributed by atoms with Crippen LogP contribution in [0.3, 0.4) is 0 Å². The summed E-state index contributed by atoms with van der Waals surface area (Å²) in [6, 6.07) is 6.33. The molecule has 6 heteroatoms. The summed E-state index contributed by atoms with van der Waals surface area (Å²) in [5, 5.41) is 3.01. The van der Waals surface area contributed by atoms with Gasteiger partial charge in [-0.3, -0.25) is 14.4 Å². The molecule has 112 valence electrons. The second kappa shape index (κ2) is 5.34. The van der Waals surface area contributed by atoms with E-state index in [-0.39, 0.29) is 0 Å². The largest absolute Gasteiger partial charge is 0.324 e. The van der Waals surface area contributed by atoms with Crippen molar-refractivity contribution in [1.29, 1.82) is 0 Å². The number of anilines is 1. The Morgan fingerprint density at radius 3 is 2.59 bits per heavy atom. The fraction of sp³-hybridized carbons (Fsp3) is 0.188. The maximum Gasteiger partial charge on any atom is 0.243 e. The number of hydrogen-bond acceptors (Lipinski definition) is 4. The first-order valence-corrected chi connectivity index (χ1v) is 7.84. The van der Waals surface area contributed by atoms with Gasteiger partial charge in [0.25, 0.3) is 0 Å². The standard InChI is InChI=1S/C16H12ClNO3S/c1-7-5-11(8(2)22-7)15(20)13-14(19)10-4-3-9(17)6-12(10)18-16(13)21/h3-6,13H,1-2H3,(H,18,21). The van der Waals surface area contributed by atoms with Crippen molar-refractivity contribution in [3.8, 4) is 0 Å². The number of amides is 1. The lowest BCUT2D eigenvalue weighted by Crippen LogP contribution is -2.40. The van der Waals surface area contributed by atoms with Gasteiger partial charge in [-0.25, -0.2) is 0 Å². The van der Waals surface area contributed by atoms with Crippen molar-refractivity contribution < 1.29 is 14.4 Å². The first kappa shape index (κ1) is 14.9. The highest BCUT2D eigenvalue weighted by Gasteiger charge is 2.40. The number of carbonyl (C=O) groups is 3. The normalized spacial score (nSPS) is 17.1. The Balaban J connectivity index is 2.03. The molecule has 1 aromatic carbocycles. The molecule has 0 radical (unpaired) electrons. The van der Waals surface area contributed by atoms with Gasteiger partial charge in [0.2, 0.25) is 5.91 Å². The molecule has 1 amide bonds. The Bertz CT molecular complexity index is 825. The molecule has 0 saturated carbocycles. The van der Waals surface area contributed by atoms with Crippen molar-refractivity contribution >= 4 is 46.1 Å². The Hall–Kier alpha value is -1.98. The van der Waals surface area contributed by atoms with Crippen molar-refractivity contribution in [3.05, 3.63) is 50.2 Å². The number of nitrogens with one attached hydrogen (secondary N) is 1. The van der Waals surface area contributed by atoms with Crippen LogP contribution in [0.25, 0.3) is 0 Å². The van der Waals surface area contributed by atoms with Gasteiger partial charge in [0.1, 0.15) is 0 Å². The molecular formula is C16H12ClNO3S. The molecule has 2 aromatic rings. The molecule has 4 nitrogen and oxygen atoms in total. The van der Waals surface area contributed by atoms with E-state index in [0.717, 1.165) is 9.75 Å². The van der Waals surface area contributed by atoms with Crippen LogP contribution >= 0.6 is 22.9 Å². The molecule has 1 unspecified atom stereocenters. The monoisotopic (exact) mass is 333 g/mol. The van der Waals surface area contributed by atoms with Gasteiger partial charge in [0, 0.05) is 25.9 Å². The maximum absolute atomic E-state index is 12.6. The molecule has 0 fully saturated rings. The molecule has 0 spiro atoms. The highest BCUT2D eigenvalue weighted by molar-refractivity contribution is 7.12. The predicted octanol–water partition coefficient (Wildman–Crippen LogP) is 3.65. The molecule has 1 aromatic heterocycles.